The Kier molecular flexibility index (Phi) is 7.38. The Morgan fingerprint density at radius 2 is 1.57 bits per heavy atom. The van der Waals surface area contributed by atoms with Crippen LogP contribution >= 0.6 is 27.7 Å². The SMILES string of the molecule is CCOc1cc(Br)cc(/C=C2\SC(=Nc3cc(C)cc(C)c3)N(c3cc(C)cc(C)c3)C2=O)c1O. The lowest BCUT2D eigenvalue weighted by atomic mass is 10.1. The zero-order valence-electron chi connectivity index (χ0n) is 20.3. The van der Waals surface area contributed by atoms with Crippen molar-refractivity contribution in [3.05, 3.63) is 85.7 Å². The van der Waals surface area contributed by atoms with Gasteiger partial charge in [-0.2, -0.15) is 0 Å². The number of rotatable bonds is 5. The summed E-state index contributed by atoms with van der Waals surface area (Å²) in [6, 6.07) is 15.6. The number of anilines is 1. The molecule has 1 fully saturated rings. The number of amides is 1. The number of nitrogens with zero attached hydrogens (tertiary/aromatic N) is 2. The van der Waals surface area contributed by atoms with E-state index in [9.17, 15) is 9.90 Å². The van der Waals surface area contributed by atoms with Gasteiger partial charge in [0.05, 0.1) is 22.9 Å². The lowest BCUT2D eigenvalue weighted by Crippen LogP contribution is -2.28. The molecule has 35 heavy (non-hydrogen) atoms. The van der Waals surface area contributed by atoms with Crippen LogP contribution in [0.1, 0.15) is 34.7 Å². The van der Waals surface area contributed by atoms with Crippen LogP contribution in [0.2, 0.25) is 0 Å². The van der Waals surface area contributed by atoms with Gasteiger partial charge >= 0.3 is 0 Å². The first-order chi connectivity index (χ1) is 16.6. The van der Waals surface area contributed by atoms with Crippen LogP contribution in [-0.2, 0) is 4.79 Å². The summed E-state index contributed by atoms with van der Waals surface area (Å²) < 4.78 is 6.30. The molecule has 0 aliphatic carbocycles. The van der Waals surface area contributed by atoms with Gasteiger partial charge in [0, 0.05) is 10.0 Å². The Labute approximate surface area is 218 Å². The van der Waals surface area contributed by atoms with Gasteiger partial charge in [-0.05, 0) is 111 Å². The first kappa shape index (κ1) is 25.1. The zero-order chi connectivity index (χ0) is 25.3. The Hall–Kier alpha value is -3.03. The van der Waals surface area contributed by atoms with Crippen LogP contribution in [0.3, 0.4) is 0 Å². The number of halogens is 1. The number of phenols is 1. The van der Waals surface area contributed by atoms with E-state index < -0.39 is 0 Å². The molecule has 7 heteroatoms. The van der Waals surface area contributed by atoms with Crippen LogP contribution in [0.5, 0.6) is 11.5 Å². The molecule has 0 bridgehead atoms. The van der Waals surface area contributed by atoms with Gasteiger partial charge in [-0.1, -0.05) is 28.1 Å². The molecule has 5 nitrogen and oxygen atoms in total. The average molecular weight is 552 g/mol. The predicted octanol–water partition coefficient (Wildman–Crippen LogP) is 7.60. The summed E-state index contributed by atoms with van der Waals surface area (Å²) in [5.74, 6) is 0.161. The highest BCUT2D eigenvalue weighted by molar-refractivity contribution is 9.10. The fourth-order valence-corrected chi connectivity index (χ4v) is 5.54. The van der Waals surface area contributed by atoms with Crippen LogP contribution in [-0.4, -0.2) is 22.8 Å². The van der Waals surface area contributed by atoms with Crippen LogP contribution in [0.15, 0.2) is 62.9 Å². The second-order valence-corrected chi connectivity index (χ2v) is 10.5. The van der Waals surface area contributed by atoms with Crippen molar-refractivity contribution in [1.82, 2.24) is 0 Å². The molecule has 0 unspecified atom stereocenters. The second-order valence-electron chi connectivity index (χ2n) is 8.61. The van der Waals surface area contributed by atoms with Gasteiger partial charge < -0.3 is 9.84 Å². The molecule has 3 aromatic carbocycles. The summed E-state index contributed by atoms with van der Waals surface area (Å²) in [6.07, 6.45) is 1.69. The van der Waals surface area contributed by atoms with Crippen LogP contribution < -0.4 is 9.64 Å². The van der Waals surface area contributed by atoms with Crippen molar-refractivity contribution in [2.24, 2.45) is 4.99 Å². The van der Waals surface area contributed by atoms with Crippen molar-refractivity contribution in [3.8, 4) is 11.5 Å². The Bertz CT molecular complexity index is 1340. The maximum atomic E-state index is 13.7. The van der Waals surface area contributed by atoms with E-state index in [2.05, 4.69) is 28.1 Å². The minimum absolute atomic E-state index is 0.00593. The quantitative estimate of drug-likeness (QED) is 0.332. The molecular weight excluding hydrogens is 524 g/mol. The molecule has 0 saturated carbocycles. The highest BCUT2D eigenvalue weighted by Gasteiger charge is 2.35. The molecule has 0 radical (unpaired) electrons. The maximum absolute atomic E-state index is 13.7. The summed E-state index contributed by atoms with van der Waals surface area (Å²) in [7, 11) is 0. The lowest BCUT2D eigenvalue weighted by Gasteiger charge is -2.17. The van der Waals surface area contributed by atoms with Crippen LogP contribution in [0, 0.1) is 27.7 Å². The highest BCUT2D eigenvalue weighted by Crippen LogP contribution is 2.41. The van der Waals surface area contributed by atoms with Gasteiger partial charge in [0.2, 0.25) is 0 Å². The summed E-state index contributed by atoms with van der Waals surface area (Å²) in [5.41, 5.74) is 6.38. The first-order valence-electron chi connectivity index (χ1n) is 11.3. The van der Waals surface area contributed by atoms with E-state index >= 15 is 0 Å². The van der Waals surface area contributed by atoms with Crippen molar-refractivity contribution in [1.29, 1.82) is 0 Å². The molecule has 1 N–H and O–H groups in total. The van der Waals surface area contributed by atoms with Gasteiger partial charge in [0.25, 0.3) is 5.91 Å². The molecule has 1 aliphatic heterocycles. The first-order valence-corrected chi connectivity index (χ1v) is 12.9. The topological polar surface area (TPSA) is 62.1 Å². The van der Waals surface area contributed by atoms with E-state index in [1.54, 1.807) is 23.1 Å². The molecule has 180 valence electrons. The number of aromatic hydroxyl groups is 1. The molecule has 4 rings (SSSR count). The third-order valence-corrected chi connectivity index (χ3v) is 6.78. The minimum atomic E-state index is -0.194. The van der Waals surface area contributed by atoms with Crippen molar-refractivity contribution in [2.45, 2.75) is 34.6 Å². The molecular formula is C28H27BrN2O3S. The molecule has 1 aliphatic rings. The Morgan fingerprint density at radius 3 is 2.17 bits per heavy atom. The summed E-state index contributed by atoms with van der Waals surface area (Å²) in [4.78, 5) is 20.7. The number of hydrogen-bond donors (Lipinski definition) is 1. The van der Waals surface area contributed by atoms with E-state index in [1.165, 1.54) is 11.8 Å². The van der Waals surface area contributed by atoms with Gasteiger partial charge in [0.15, 0.2) is 16.7 Å². The second kappa shape index (κ2) is 10.3. The molecule has 1 saturated heterocycles. The van der Waals surface area contributed by atoms with Gasteiger partial charge in [-0.15, -0.1) is 0 Å². The van der Waals surface area contributed by atoms with Gasteiger partial charge in [-0.3, -0.25) is 9.69 Å². The third-order valence-electron chi connectivity index (χ3n) is 5.36. The average Bonchev–Trinajstić information content (AvgIpc) is 3.04. The maximum Gasteiger partial charge on any atom is 0.271 e. The smallest absolute Gasteiger partial charge is 0.271 e. The van der Waals surface area contributed by atoms with Crippen LogP contribution in [0.4, 0.5) is 11.4 Å². The number of benzene rings is 3. The number of hydrogen-bond acceptors (Lipinski definition) is 5. The number of thioether (sulfide) groups is 1. The van der Waals surface area contributed by atoms with E-state index in [-0.39, 0.29) is 11.7 Å². The lowest BCUT2D eigenvalue weighted by molar-refractivity contribution is -0.113. The number of aliphatic imine (C=N–C) groups is 1. The fourth-order valence-electron chi connectivity index (χ4n) is 4.09. The summed E-state index contributed by atoms with van der Waals surface area (Å²) >= 11 is 4.76. The highest BCUT2D eigenvalue weighted by atomic mass is 79.9. The fraction of sp³-hybridized carbons (Fsp3) is 0.214. The minimum Gasteiger partial charge on any atom is -0.504 e. The van der Waals surface area contributed by atoms with E-state index in [0.29, 0.717) is 28.0 Å². The van der Waals surface area contributed by atoms with Gasteiger partial charge in [-0.25, -0.2) is 4.99 Å². The summed E-state index contributed by atoms with van der Waals surface area (Å²) in [6.45, 7) is 10.4. The van der Waals surface area contributed by atoms with Crippen molar-refractivity contribution in [3.63, 3.8) is 0 Å². The molecule has 1 amide bonds. The number of carbonyl (C=O) groups excluding carboxylic acids is 1. The summed E-state index contributed by atoms with van der Waals surface area (Å²) in [5, 5.41) is 11.3. The third kappa shape index (κ3) is 5.63. The van der Waals surface area contributed by atoms with Crippen molar-refractivity contribution < 1.29 is 14.6 Å². The molecule has 0 atom stereocenters. The number of carbonyl (C=O) groups is 1. The number of phenolic OH excluding ortho intramolecular Hbond substituents is 1. The molecule has 0 aromatic heterocycles. The number of ether oxygens (including phenoxy) is 1. The standard InChI is InChI=1S/C28H27BrN2O3S/c1-6-34-24-15-21(29)13-20(26(24)32)14-25-27(33)31(23-11-18(4)8-19(5)12-23)28(35-25)30-22-9-16(2)7-17(3)10-22/h7-15,32H,6H2,1-5H3/b25-14-,30-28?. The molecule has 3 aromatic rings. The van der Waals surface area contributed by atoms with E-state index in [1.807, 2.05) is 58.9 Å². The molecule has 1 heterocycles. The van der Waals surface area contributed by atoms with Crippen molar-refractivity contribution >= 4 is 56.2 Å². The van der Waals surface area contributed by atoms with Crippen molar-refractivity contribution in [2.75, 3.05) is 11.5 Å². The predicted molar refractivity (Wildman–Crippen MR) is 149 cm³/mol. The van der Waals surface area contributed by atoms with Crippen LogP contribution in [0.25, 0.3) is 6.08 Å². The Morgan fingerprint density at radius 1 is 0.971 bits per heavy atom. The number of aryl methyl sites for hydroxylation is 4. The normalized spacial score (nSPS) is 15.9. The zero-order valence-corrected chi connectivity index (χ0v) is 22.8. The monoisotopic (exact) mass is 550 g/mol. The van der Waals surface area contributed by atoms with Gasteiger partial charge in [0.1, 0.15) is 0 Å². The van der Waals surface area contributed by atoms with E-state index in [4.69, 9.17) is 9.73 Å². The Balaban J connectivity index is 1.85. The molecule has 0 spiro atoms. The van der Waals surface area contributed by atoms with E-state index in [0.717, 1.165) is 38.1 Å². The number of amidine groups is 1. The largest absolute Gasteiger partial charge is 0.504 e.